The molecule has 1 amide bonds. The number of ether oxygens (including phenoxy) is 2. The second-order valence-corrected chi connectivity index (χ2v) is 8.16. The van der Waals surface area contributed by atoms with E-state index in [9.17, 15) is 14.7 Å². The number of rotatable bonds is 5. The van der Waals surface area contributed by atoms with E-state index in [1.165, 1.54) is 25.2 Å². The number of amides is 1. The Morgan fingerprint density at radius 1 is 1.25 bits per heavy atom. The molecular weight excluding hydrogens is 466 g/mol. The number of hydrogen-bond donors (Lipinski definition) is 1. The lowest BCUT2D eigenvalue weighted by atomic mass is 10.0. The third kappa shape index (κ3) is 3.78. The highest BCUT2D eigenvalue weighted by Gasteiger charge is 2.34. The molecule has 0 aromatic heterocycles. The van der Waals surface area contributed by atoms with Crippen LogP contribution >= 0.6 is 39.9 Å². The van der Waals surface area contributed by atoms with E-state index in [-0.39, 0.29) is 17.2 Å². The number of benzene rings is 2. The van der Waals surface area contributed by atoms with Crippen LogP contribution in [0.15, 0.2) is 45.8 Å². The highest BCUT2D eigenvalue weighted by Crippen LogP contribution is 2.39. The molecule has 0 atom stereocenters. The summed E-state index contributed by atoms with van der Waals surface area (Å²) in [6.45, 7) is 0. The van der Waals surface area contributed by atoms with E-state index in [0.29, 0.717) is 26.2 Å². The van der Waals surface area contributed by atoms with Gasteiger partial charge in [-0.15, -0.1) is 0 Å². The Balaban J connectivity index is 2.06. The van der Waals surface area contributed by atoms with Crippen LogP contribution in [0, 0.1) is 0 Å². The van der Waals surface area contributed by atoms with Gasteiger partial charge < -0.3 is 14.6 Å². The van der Waals surface area contributed by atoms with Crippen LogP contribution in [0.2, 0.25) is 0 Å². The van der Waals surface area contributed by atoms with Crippen molar-refractivity contribution in [2.45, 2.75) is 0 Å². The van der Waals surface area contributed by atoms with E-state index in [2.05, 4.69) is 15.9 Å². The number of aromatic carboxylic acids is 1. The topological polar surface area (TPSA) is 76.1 Å². The zero-order valence-corrected chi connectivity index (χ0v) is 18.0. The van der Waals surface area contributed by atoms with Gasteiger partial charge in [0.1, 0.15) is 5.56 Å². The van der Waals surface area contributed by atoms with Crippen molar-refractivity contribution in [3.63, 3.8) is 0 Å². The summed E-state index contributed by atoms with van der Waals surface area (Å²) in [7, 11) is 2.78. The summed E-state index contributed by atoms with van der Waals surface area (Å²) >= 11 is 9.85. The number of methoxy groups -OCH3 is 2. The Hall–Kier alpha value is -2.36. The van der Waals surface area contributed by atoms with Crippen molar-refractivity contribution >= 4 is 67.9 Å². The number of hydrogen-bond acceptors (Lipinski definition) is 6. The molecule has 28 heavy (non-hydrogen) atoms. The third-order valence-electron chi connectivity index (χ3n) is 3.94. The molecule has 1 aliphatic heterocycles. The number of anilines is 1. The van der Waals surface area contributed by atoms with E-state index in [1.807, 2.05) is 6.07 Å². The molecule has 1 aliphatic rings. The van der Waals surface area contributed by atoms with Crippen molar-refractivity contribution in [3.05, 3.63) is 56.9 Å². The minimum absolute atomic E-state index is 0.0884. The van der Waals surface area contributed by atoms with Gasteiger partial charge in [0.2, 0.25) is 0 Å². The summed E-state index contributed by atoms with van der Waals surface area (Å²) < 4.78 is 11.6. The lowest BCUT2D eigenvalue weighted by molar-refractivity contribution is -0.113. The Bertz CT molecular complexity index is 1020. The van der Waals surface area contributed by atoms with Crippen LogP contribution < -0.4 is 14.4 Å². The number of carboxylic acid groups (broad SMARTS) is 1. The molecule has 0 saturated carbocycles. The predicted octanol–water partition coefficient (Wildman–Crippen LogP) is 4.57. The molecule has 2 aromatic carbocycles. The monoisotopic (exact) mass is 479 g/mol. The number of carbonyl (C=O) groups excluding carboxylic acids is 1. The lowest BCUT2D eigenvalue weighted by Crippen LogP contribution is -2.27. The van der Waals surface area contributed by atoms with Crippen LogP contribution in [0.25, 0.3) is 6.08 Å². The molecule has 1 fully saturated rings. The number of halogens is 1. The zero-order valence-electron chi connectivity index (χ0n) is 14.8. The second kappa shape index (κ2) is 8.34. The maximum atomic E-state index is 12.9. The molecule has 0 unspecified atom stereocenters. The molecule has 0 radical (unpaired) electrons. The number of carbonyl (C=O) groups is 2. The van der Waals surface area contributed by atoms with Crippen molar-refractivity contribution in [2.75, 3.05) is 19.1 Å². The lowest BCUT2D eigenvalue weighted by Gasteiger charge is -2.14. The molecule has 1 saturated heterocycles. The van der Waals surface area contributed by atoms with Crippen molar-refractivity contribution in [3.8, 4) is 11.5 Å². The summed E-state index contributed by atoms with van der Waals surface area (Å²) in [5, 5.41) is 9.65. The molecule has 0 aliphatic carbocycles. The van der Waals surface area contributed by atoms with E-state index in [4.69, 9.17) is 21.7 Å². The van der Waals surface area contributed by atoms with Gasteiger partial charge in [0.25, 0.3) is 5.91 Å². The fourth-order valence-corrected chi connectivity index (χ4v) is 4.41. The molecular formula is C19H14BrNO5S2. The van der Waals surface area contributed by atoms with Gasteiger partial charge in [-0.3, -0.25) is 9.69 Å². The standard InChI is InChI=1S/C19H14BrNO5S2/c1-25-13-7-6-10(15(18(23)24)16(13)26-2)8-14-17(22)21(19(27)28-14)12-5-3-4-11(20)9-12/h3-9H,1-2H3,(H,23,24)/b14-8+. The van der Waals surface area contributed by atoms with Crippen molar-refractivity contribution < 1.29 is 24.2 Å². The van der Waals surface area contributed by atoms with Gasteiger partial charge in [-0.1, -0.05) is 52.0 Å². The average molecular weight is 480 g/mol. The fraction of sp³-hybridized carbons (Fsp3) is 0.105. The van der Waals surface area contributed by atoms with Gasteiger partial charge >= 0.3 is 5.97 Å². The smallest absolute Gasteiger partial charge is 0.340 e. The van der Waals surface area contributed by atoms with Crippen molar-refractivity contribution in [1.82, 2.24) is 0 Å². The number of thioether (sulfide) groups is 1. The summed E-state index contributed by atoms with van der Waals surface area (Å²) in [5.41, 5.74) is 0.862. The van der Waals surface area contributed by atoms with E-state index in [0.717, 1.165) is 16.2 Å². The van der Waals surface area contributed by atoms with E-state index >= 15 is 0 Å². The Morgan fingerprint density at radius 2 is 2.00 bits per heavy atom. The SMILES string of the molecule is COc1ccc(/C=C2/SC(=S)N(c3cccc(Br)c3)C2=O)c(C(=O)O)c1OC. The summed E-state index contributed by atoms with van der Waals surface area (Å²) in [6.07, 6.45) is 1.50. The average Bonchev–Trinajstić information content (AvgIpc) is 2.94. The molecule has 3 rings (SSSR count). The highest BCUT2D eigenvalue weighted by atomic mass is 79.9. The largest absolute Gasteiger partial charge is 0.493 e. The third-order valence-corrected chi connectivity index (χ3v) is 5.73. The van der Waals surface area contributed by atoms with Gasteiger partial charge in [-0.2, -0.15) is 0 Å². The van der Waals surface area contributed by atoms with Crippen LogP contribution in [0.4, 0.5) is 5.69 Å². The van der Waals surface area contributed by atoms with Crippen LogP contribution in [-0.4, -0.2) is 35.5 Å². The Labute approximate surface area is 179 Å². The highest BCUT2D eigenvalue weighted by molar-refractivity contribution is 9.10. The number of nitrogens with zero attached hydrogens (tertiary/aromatic N) is 1. The zero-order chi connectivity index (χ0) is 20.4. The van der Waals surface area contributed by atoms with Gasteiger partial charge in [-0.05, 0) is 35.9 Å². The molecule has 144 valence electrons. The summed E-state index contributed by atoms with van der Waals surface area (Å²) in [6, 6.07) is 10.4. The molecule has 1 heterocycles. The Morgan fingerprint density at radius 3 is 2.61 bits per heavy atom. The first-order valence-electron chi connectivity index (χ1n) is 7.89. The first-order chi connectivity index (χ1) is 13.4. The number of carboxylic acids is 1. The normalized spacial score (nSPS) is 15.2. The molecule has 0 bridgehead atoms. The van der Waals surface area contributed by atoms with E-state index in [1.54, 1.807) is 30.3 Å². The molecule has 0 spiro atoms. The second-order valence-electron chi connectivity index (χ2n) is 5.57. The van der Waals surface area contributed by atoms with Gasteiger partial charge in [0, 0.05) is 4.47 Å². The molecule has 6 nitrogen and oxygen atoms in total. The van der Waals surface area contributed by atoms with Gasteiger partial charge in [-0.25, -0.2) is 4.79 Å². The van der Waals surface area contributed by atoms with Crippen LogP contribution in [-0.2, 0) is 4.79 Å². The first kappa shape index (κ1) is 20.4. The van der Waals surface area contributed by atoms with Crippen molar-refractivity contribution in [2.24, 2.45) is 0 Å². The fourth-order valence-electron chi connectivity index (χ4n) is 2.73. The molecule has 1 N–H and O–H groups in total. The van der Waals surface area contributed by atoms with Gasteiger partial charge in [0.15, 0.2) is 15.8 Å². The van der Waals surface area contributed by atoms with Crippen LogP contribution in [0.3, 0.4) is 0 Å². The van der Waals surface area contributed by atoms with Gasteiger partial charge in [0.05, 0.1) is 24.8 Å². The quantitative estimate of drug-likeness (QED) is 0.496. The first-order valence-corrected chi connectivity index (χ1v) is 9.91. The van der Waals surface area contributed by atoms with Crippen LogP contribution in [0.5, 0.6) is 11.5 Å². The predicted molar refractivity (Wildman–Crippen MR) is 116 cm³/mol. The molecule has 2 aromatic rings. The maximum Gasteiger partial charge on any atom is 0.340 e. The number of thiocarbonyl (C=S) groups is 1. The summed E-state index contributed by atoms with van der Waals surface area (Å²) in [4.78, 5) is 26.5. The Kier molecular flexibility index (Phi) is 6.07. The minimum Gasteiger partial charge on any atom is -0.493 e. The maximum absolute atomic E-state index is 12.9. The van der Waals surface area contributed by atoms with Crippen molar-refractivity contribution in [1.29, 1.82) is 0 Å². The summed E-state index contributed by atoms with van der Waals surface area (Å²) in [5.74, 6) is -1.13. The van der Waals surface area contributed by atoms with Crippen LogP contribution in [0.1, 0.15) is 15.9 Å². The van der Waals surface area contributed by atoms with E-state index < -0.39 is 5.97 Å². The minimum atomic E-state index is -1.19. The molecule has 9 heteroatoms.